The highest BCUT2D eigenvalue weighted by Crippen LogP contribution is 2.20. The fourth-order valence-electron chi connectivity index (χ4n) is 2.38. The highest BCUT2D eigenvalue weighted by Gasteiger charge is 2.22. The van der Waals surface area contributed by atoms with E-state index in [2.05, 4.69) is 27.5 Å². The van der Waals surface area contributed by atoms with Crippen LogP contribution in [-0.4, -0.2) is 36.1 Å². The van der Waals surface area contributed by atoms with E-state index in [1.54, 1.807) is 11.3 Å². The summed E-state index contributed by atoms with van der Waals surface area (Å²) < 4.78 is 0. The van der Waals surface area contributed by atoms with E-state index >= 15 is 0 Å². The minimum atomic E-state index is 0.697. The van der Waals surface area contributed by atoms with Crippen LogP contribution < -0.4 is 5.32 Å². The van der Waals surface area contributed by atoms with Crippen LogP contribution in [0, 0.1) is 6.92 Å². The molecule has 16 heavy (non-hydrogen) atoms. The van der Waals surface area contributed by atoms with Crippen molar-refractivity contribution in [3.05, 3.63) is 16.1 Å². The van der Waals surface area contributed by atoms with Gasteiger partial charge in [-0.05, 0) is 33.4 Å². The van der Waals surface area contributed by atoms with Crippen molar-refractivity contribution >= 4 is 11.3 Å². The normalized spacial score (nSPS) is 22.5. The number of aryl methyl sites for hydroxylation is 1. The molecule has 1 aliphatic rings. The molecule has 1 aromatic heterocycles. The Hall–Kier alpha value is -0.450. The first-order valence-electron chi connectivity index (χ1n) is 6.09. The second-order valence-electron chi connectivity index (χ2n) is 4.56. The average molecular weight is 239 g/mol. The maximum absolute atomic E-state index is 4.56. The first-order valence-corrected chi connectivity index (χ1v) is 6.97. The lowest BCUT2D eigenvalue weighted by Crippen LogP contribution is -2.44. The van der Waals surface area contributed by atoms with Gasteiger partial charge in [0.2, 0.25) is 0 Å². The van der Waals surface area contributed by atoms with Crippen LogP contribution in [0.1, 0.15) is 30.0 Å². The van der Waals surface area contributed by atoms with Gasteiger partial charge in [0.1, 0.15) is 5.01 Å². The first-order chi connectivity index (χ1) is 7.79. The number of aromatic nitrogens is 1. The number of thiazole rings is 1. The molecule has 0 aliphatic carbocycles. The zero-order chi connectivity index (χ0) is 11.4. The third kappa shape index (κ3) is 3.03. The molecule has 1 N–H and O–H groups in total. The molecule has 1 unspecified atom stereocenters. The monoisotopic (exact) mass is 239 g/mol. The van der Waals surface area contributed by atoms with Crippen molar-refractivity contribution in [2.45, 2.75) is 38.8 Å². The van der Waals surface area contributed by atoms with Crippen LogP contribution >= 0.6 is 11.3 Å². The van der Waals surface area contributed by atoms with Gasteiger partial charge in [-0.25, -0.2) is 4.98 Å². The number of likely N-dealkylation sites (N-methyl/N-ethyl adjacent to an activating group) is 1. The number of hydrogen-bond donors (Lipinski definition) is 1. The van der Waals surface area contributed by atoms with Crippen LogP contribution in [0.25, 0.3) is 0 Å². The topological polar surface area (TPSA) is 28.2 Å². The Kier molecular flexibility index (Phi) is 4.32. The van der Waals surface area contributed by atoms with E-state index in [9.17, 15) is 0 Å². The van der Waals surface area contributed by atoms with Gasteiger partial charge in [0, 0.05) is 23.7 Å². The summed E-state index contributed by atoms with van der Waals surface area (Å²) in [6.45, 7) is 5.43. The molecule has 0 aromatic carbocycles. The van der Waals surface area contributed by atoms with E-state index in [0.717, 1.165) is 18.8 Å². The predicted molar refractivity (Wildman–Crippen MR) is 68.8 cm³/mol. The number of nitrogens with one attached hydrogen (secondary N) is 1. The number of nitrogens with zero attached hydrogens (tertiary/aromatic N) is 2. The molecule has 1 fully saturated rings. The van der Waals surface area contributed by atoms with Gasteiger partial charge in [0.25, 0.3) is 0 Å². The minimum absolute atomic E-state index is 0.697. The zero-order valence-electron chi connectivity index (χ0n) is 10.2. The second-order valence-corrected chi connectivity index (χ2v) is 5.50. The van der Waals surface area contributed by atoms with Crippen LogP contribution in [0.2, 0.25) is 0 Å². The van der Waals surface area contributed by atoms with Gasteiger partial charge < -0.3 is 5.32 Å². The van der Waals surface area contributed by atoms with E-state index in [4.69, 9.17) is 0 Å². The van der Waals surface area contributed by atoms with E-state index in [1.807, 2.05) is 7.05 Å². The summed E-state index contributed by atoms with van der Waals surface area (Å²) >= 11 is 1.79. The van der Waals surface area contributed by atoms with Crippen molar-refractivity contribution in [2.24, 2.45) is 0 Å². The van der Waals surface area contributed by atoms with Crippen molar-refractivity contribution in [1.29, 1.82) is 0 Å². The summed E-state index contributed by atoms with van der Waals surface area (Å²) in [5.74, 6) is 0. The van der Waals surface area contributed by atoms with Gasteiger partial charge in [0.05, 0.1) is 6.54 Å². The molecule has 3 nitrogen and oxygen atoms in total. The Morgan fingerprint density at radius 3 is 3.12 bits per heavy atom. The molecule has 0 radical (unpaired) electrons. The van der Waals surface area contributed by atoms with Gasteiger partial charge in [0.15, 0.2) is 0 Å². The second kappa shape index (κ2) is 5.75. The summed E-state index contributed by atoms with van der Waals surface area (Å²) in [7, 11) is 2.04. The average Bonchev–Trinajstić information content (AvgIpc) is 2.67. The Morgan fingerprint density at radius 1 is 1.56 bits per heavy atom. The highest BCUT2D eigenvalue weighted by atomic mass is 32.1. The van der Waals surface area contributed by atoms with Gasteiger partial charge in [-0.2, -0.15) is 0 Å². The molecule has 1 saturated heterocycles. The Morgan fingerprint density at radius 2 is 2.44 bits per heavy atom. The Bertz CT molecular complexity index is 322. The predicted octanol–water partition coefficient (Wildman–Crippen LogP) is 2.03. The number of likely N-dealkylation sites (tertiary alicyclic amines) is 1. The summed E-state index contributed by atoms with van der Waals surface area (Å²) in [5, 5.41) is 6.71. The third-order valence-corrected chi connectivity index (χ3v) is 4.15. The summed E-state index contributed by atoms with van der Waals surface area (Å²) in [4.78, 5) is 7.14. The maximum atomic E-state index is 4.56. The Balaban J connectivity index is 1.95. The third-order valence-electron chi connectivity index (χ3n) is 3.19. The maximum Gasteiger partial charge on any atom is 0.107 e. The molecule has 2 heterocycles. The van der Waals surface area contributed by atoms with E-state index < -0.39 is 0 Å². The van der Waals surface area contributed by atoms with Crippen LogP contribution in [0.3, 0.4) is 0 Å². The van der Waals surface area contributed by atoms with Gasteiger partial charge in [-0.1, -0.05) is 6.42 Å². The molecular formula is C12H21N3S. The fraction of sp³-hybridized carbons (Fsp3) is 0.750. The van der Waals surface area contributed by atoms with Crippen molar-refractivity contribution < 1.29 is 0 Å². The number of rotatable bonds is 4. The van der Waals surface area contributed by atoms with Crippen molar-refractivity contribution in [3.63, 3.8) is 0 Å². The smallest absolute Gasteiger partial charge is 0.107 e. The number of piperidine rings is 1. The molecule has 4 heteroatoms. The summed E-state index contributed by atoms with van der Waals surface area (Å²) in [5.41, 5.74) is 1.15. The molecule has 0 spiro atoms. The van der Waals surface area contributed by atoms with Crippen LogP contribution in [0.15, 0.2) is 5.38 Å². The molecule has 1 aliphatic heterocycles. The molecule has 0 saturated carbocycles. The van der Waals surface area contributed by atoms with Gasteiger partial charge in [-0.3, -0.25) is 4.90 Å². The molecule has 2 rings (SSSR count). The Labute approximate surface area is 102 Å². The molecule has 0 bridgehead atoms. The largest absolute Gasteiger partial charge is 0.318 e. The van der Waals surface area contributed by atoms with Gasteiger partial charge >= 0.3 is 0 Å². The summed E-state index contributed by atoms with van der Waals surface area (Å²) in [6.07, 6.45) is 4.04. The van der Waals surface area contributed by atoms with E-state index in [0.29, 0.717) is 6.04 Å². The molecule has 90 valence electrons. The standard InChI is InChI=1S/C12H21N3S/c1-10-9-16-12(14-10)8-15-6-4-3-5-11(15)7-13-2/h9,11,13H,3-8H2,1-2H3. The first kappa shape index (κ1) is 12.0. The van der Waals surface area contributed by atoms with Crippen molar-refractivity contribution in [2.75, 3.05) is 20.1 Å². The highest BCUT2D eigenvalue weighted by molar-refractivity contribution is 7.09. The minimum Gasteiger partial charge on any atom is -0.318 e. The summed E-state index contributed by atoms with van der Waals surface area (Å²) in [6, 6.07) is 0.697. The van der Waals surface area contributed by atoms with E-state index in [1.165, 1.54) is 30.8 Å². The lowest BCUT2D eigenvalue weighted by molar-refractivity contribution is 0.139. The van der Waals surface area contributed by atoms with Crippen LogP contribution in [-0.2, 0) is 6.54 Å². The molecular weight excluding hydrogens is 218 g/mol. The number of hydrogen-bond acceptors (Lipinski definition) is 4. The van der Waals surface area contributed by atoms with Crippen LogP contribution in [0.4, 0.5) is 0 Å². The molecule has 1 aromatic rings. The zero-order valence-corrected chi connectivity index (χ0v) is 11.0. The van der Waals surface area contributed by atoms with Crippen molar-refractivity contribution in [1.82, 2.24) is 15.2 Å². The molecule has 1 atom stereocenters. The fourth-order valence-corrected chi connectivity index (χ4v) is 3.18. The van der Waals surface area contributed by atoms with Crippen molar-refractivity contribution in [3.8, 4) is 0 Å². The lowest BCUT2D eigenvalue weighted by atomic mass is 10.0. The lowest BCUT2D eigenvalue weighted by Gasteiger charge is -2.35. The van der Waals surface area contributed by atoms with Crippen LogP contribution in [0.5, 0.6) is 0 Å². The molecule has 0 amide bonds. The van der Waals surface area contributed by atoms with E-state index in [-0.39, 0.29) is 0 Å². The van der Waals surface area contributed by atoms with Gasteiger partial charge in [-0.15, -0.1) is 11.3 Å². The SMILES string of the molecule is CNCC1CCCCN1Cc1nc(C)cs1. The quantitative estimate of drug-likeness (QED) is 0.871.